The van der Waals surface area contributed by atoms with Crippen LogP contribution in [0.4, 0.5) is 0 Å². The van der Waals surface area contributed by atoms with Crippen LogP contribution in [0.5, 0.6) is 0 Å². The number of pyridine rings is 1. The van der Waals surface area contributed by atoms with Crippen LogP contribution in [0.25, 0.3) is 6.08 Å². The standard InChI is InChI=1S/C18H25NO2/c1-13(2)16-8-6-14(3)11-17(16)21-18(20)9-7-15-5-4-10-19-12-15/h4-5,7,9-10,12-14,16-17H,6,8,11H2,1-3H3/b9-7+/t14-,16+,17-/m1/s1. The van der Waals surface area contributed by atoms with E-state index >= 15 is 0 Å². The van der Waals surface area contributed by atoms with Gasteiger partial charge < -0.3 is 4.74 Å². The molecule has 0 aliphatic heterocycles. The molecule has 3 heteroatoms. The van der Waals surface area contributed by atoms with Crippen LogP contribution in [0.3, 0.4) is 0 Å². The third kappa shape index (κ3) is 4.69. The van der Waals surface area contributed by atoms with Gasteiger partial charge in [0.1, 0.15) is 6.10 Å². The lowest BCUT2D eigenvalue weighted by molar-refractivity contribution is -0.149. The summed E-state index contributed by atoms with van der Waals surface area (Å²) in [5.41, 5.74) is 0.909. The Balaban J connectivity index is 1.95. The monoisotopic (exact) mass is 287 g/mol. The molecule has 1 heterocycles. The third-order valence-electron chi connectivity index (χ3n) is 4.33. The average molecular weight is 287 g/mol. The van der Waals surface area contributed by atoms with Crippen molar-refractivity contribution in [2.75, 3.05) is 0 Å². The molecule has 0 saturated heterocycles. The second kappa shape index (κ2) is 7.39. The summed E-state index contributed by atoms with van der Waals surface area (Å²) >= 11 is 0. The summed E-state index contributed by atoms with van der Waals surface area (Å²) in [4.78, 5) is 16.1. The van der Waals surface area contributed by atoms with Crippen LogP contribution in [-0.2, 0) is 9.53 Å². The molecule has 0 bridgehead atoms. The maximum atomic E-state index is 12.0. The lowest BCUT2D eigenvalue weighted by Crippen LogP contribution is -2.35. The molecule has 0 radical (unpaired) electrons. The summed E-state index contributed by atoms with van der Waals surface area (Å²) in [7, 11) is 0. The fourth-order valence-electron chi connectivity index (χ4n) is 3.08. The van der Waals surface area contributed by atoms with Crippen LogP contribution in [0.1, 0.15) is 45.6 Å². The summed E-state index contributed by atoms with van der Waals surface area (Å²) in [6.45, 7) is 6.67. The summed E-state index contributed by atoms with van der Waals surface area (Å²) in [6, 6.07) is 3.76. The molecule has 1 aromatic heterocycles. The van der Waals surface area contributed by atoms with Crippen molar-refractivity contribution in [3.8, 4) is 0 Å². The lowest BCUT2D eigenvalue weighted by Gasteiger charge is -2.36. The van der Waals surface area contributed by atoms with Crippen LogP contribution < -0.4 is 0 Å². The highest BCUT2D eigenvalue weighted by Crippen LogP contribution is 2.35. The van der Waals surface area contributed by atoms with E-state index in [2.05, 4.69) is 25.8 Å². The molecule has 1 saturated carbocycles. The highest BCUT2D eigenvalue weighted by atomic mass is 16.5. The van der Waals surface area contributed by atoms with Gasteiger partial charge in [-0.1, -0.05) is 33.3 Å². The second-order valence-electron chi connectivity index (χ2n) is 6.42. The van der Waals surface area contributed by atoms with Crippen molar-refractivity contribution >= 4 is 12.0 Å². The topological polar surface area (TPSA) is 39.2 Å². The van der Waals surface area contributed by atoms with Crippen molar-refractivity contribution in [3.63, 3.8) is 0 Å². The third-order valence-corrected chi connectivity index (χ3v) is 4.33. The van der Waals surface area contributed by atoms with Gasteiger partial charge >= 0.3 is 5.97 Å². The predicted octanol–water partition coefficient (Wildman–Crippen LogP) is 4.10. The SMILES string of the molecule is CC(C)[C@@H]1CC[C@@H](C)C[C@H]1OC(=O)/C=C/c1cccnc1. The zero-order valence-corrected chi connectivity index (χ0v) is 13.2. The van der Waals surface area contributed by atoms with Gasteiger partial charge in [0.25, 0.3) is 0 Å². The molecule has 0 unspecified atom stereocenters. The van der Waals surface area contributed by atoms with Crippen molar-refractivity contribution in [3.05, 3.63) is 36.2 Å². The number of carbonyl (C=O) groups is 1. The Morgan fingerprint density at radius 1 is 1.43 bits per heavy atom. The van der Waals surface area contributed by atoms with Crippen molar-refractivity contribution in [1.29, 1.82) is 0 Å². The van der Waals surface area contributed by atoms with Crippen molar-refractivity contribution in [1.82, 2.24) is 4.98 Å². The number of hydrogen-bond acceptors (Lipinski definition) is 3. The predicted molar refractivity (Wildman–Crippen MR) is 84.5 cm³/mol. The van der Waals surface area contributed by atoms with Crippen LogP contribution >= 0.6 is 0 Å². The minimum absolute atomic E-state index is 0.0554. The molecule has 3 nitrogen and oxygen atoms in total. The molecule has 0 aromatic carbocycles. The number of rotatable bonds is 4. The summed E-state index contributed by atoms with van der Waals surface area (Å²) in [6.07, 6.45) is 10.1. The minimum atomic E-state index is -0.247. The first-order chi connectivity index (χ1) is 10.1. The van der Waals surface area contributed by atoms with E-state index in [1.165, 1.54) is 12.5 Å². The minimum Gasteiger partial charge on any atom is -0.459 e. The average Bonchev–Trinajstić information content (AvgIpc) is 2.46. The maximum Gasteiger partial charge on any atom is 0.331 e. The van der Waals surface area contributed by atoms with Crippen molar-refractivity contribution < 1.29 is 9.53 Å². The molecule has 3 atom stereocenters. The molecule has 1 fully saturated rings. The molecule has 1 aliphatic carbocycles. The summed E-state index contributed by atoms with van der Waals surface area (Å²) in [5, 5.41) is 0. The van der Waals surface area contributed by atoms with Crippen molar-refractivity contribution in [2.24, 2.45) is 17.8 Å². The molecular weight excluding hydrogens is 262 g/mol. The van der Waals surface area contributed by atoms with Gasteiger partial charge in [-0.05, 0) is 48.3 Å². The van der Waals surface area contributed by atoms with Crippen molar-refractivity contribution in [2.45, 2.75) is 46.1 Å². The van der Waals surface area contributed by atoms with E-state index in [4.69, 9.17) is 4.74 Å². The Morgan fingerprint density at radius 2 is 2.24 bits per heavy atom. The van der Waals surface area contributed by atoms with Gasteiger partial charge in [-0.2, -0.15) is 0 Å². The summed E-state index contributed by atoms with van der Waals surface area (Å²) < 4.78 is 5.71. The second-order valence-corrected chi connectivity index (χ2v) is 6.42. The first-order valence-corrected chi connectivity index (χ1v) is 7.85. The van der Waals surface area contributed by atoms with Crippen LogP contribution in [0, 0.1) is 17.8 Å². The Labute approximate surface area is 127 Å². The molecule has 114 valence electrons. The zero-order valence-electron chi connectivity index (χ0n) is 13.2. The number of ether oxygens (including phenoxy) is 1. The van der Waals surface area contributed by atoms with E-state index in [0.717, 1.165) is 18.4 Å². The molecule has 1 aliphatic rings. The van der Waals surface area contributed by atoms with Gasteiger partial charge in [0, 0.05) is 18.5 Å². The molecule has 0 spiro atoms. The summed E-state index contributed by atoms with van der Waals surface area (Å²) in [5.74, 6) is 1.43. The quantitative estimate of drug-likeness (QED) is 0.618. The fraction of sp³-hybridized carbons (Fsp3) is 0.556. The zero-order chi connectivity index (χ0) is 15.2. The molecular formula is C18H25NO2. The smallest absolute Gasteiger partial charge is 0.331 e. The Morgan fingerprint density at radius 3 is 2.90 bits per heavy atom. The van der Waals surface area contributed by atoms with Gasteiger partial charge in [0.05, 0.1) is 0 Å². The van der Waals surface area contributed by atoms with E-state index in [9.17, 15) is 4.79 Å². The molecule has 21 heavy (non-hydrogen) atoms. The molecule has 0 N–H and O–H groups in total. The van der Waals surface area contributed by atoms with Gasteiger partial charge in [-0.25, -0.2) is 4.79 Å². The molecule has 2 rings (SSSR count). The van der Waals surface area contributed by atoms with E-state index < -0.39 is 0 Å². The van der Waals surface area contributed by atoms with E-state index in [-0.39, 0.29) is 12.1 Å². The van der Waals surface area contributed by atoms with Crippen LogP contribution in [0.2, 0.25) is 0 Å². The Hall–Kier alpha value is -1.64. The number of esters is 1. The Bertz CT molecular complexity index is 481. The maximum absolute atomic E-state index is 12.0. The normalized spacial score (nSPS) is 26.2. The van der Waals surface area contributed by atoms with E-state index in [0.29, 0.717) is 17.8 Å². The van der Waals surface area contributed by atoms with Gasteiger partial charge in [-0.15, -0.1) is 0 Å². The highest BCUT2D eigenvalue weighted by molar-refractivity contribution is 5.87. The van der Waals surface area contributed by atoms with E-state index in [1.807, 2.05) is 12.1 Å². The van der Waals surface area contributed by atoms with Gasteiger partial charge in [-0.3, -0.25) is 4.98 Å². The first-order valence-electron chi connectivity index (χ1n) is 7.85. The first kappa shape index (κ1) is 15.7. The lowest BCUT2D eigenvalue weighted by atomic mass is 9.75. The number of aromatic nitrogens is 1. The number of hydrogen-bond donors (Lipinski definition) is 0. The highest BCUT2D eigenvalue weighted by Gasteiger charge is 2.32. The number of carbonyl (C=O) groups excluding carboxylic acids is 1. The van der Waals surface area contributed by atoms with E-state index in [1.54, 1.807) is 18.5 Å². The largest absolute Gasteiger partial charge is 0.459 e. The number of nitrogens with zero attached hydrogens (tertiary/aromatic N) is 1. The van der Waals surface area contributed by atoms with Crippen LogP contribution in [-0.4, -0.2) is 17.1 Å². The molecule has 1 aromatic rings. The molecule has 0 amide bonds. The Kier molecular flexibility index (Phi) is 5.54. The van der Waals surface area contributed by atoms with Gasteiger partial charge in [0.15, 0.2) is 0 Å². The fourth-order valence-corrected chi connectivity index (χ4v) is 3.08. The van der Waals surface area contributed by atoms with Gasteiger partial charge in [0.2, 0.25) is 0 Å². The van der Waals surface area contributed by atoms with Crippen LogP contribution in [0.15, 0.2) is 30.6 Å².